The zero-order valence-electron chi connectivity index (χ0n) is 17.8. The molecule has 0 amide bonds. The molecule has 0 aromatic carbocycles. The Morgan fingerprint density at radius 1 is 0.923 bits per heavy atom. The van der Waals surface area contributed by atoms with Crippen LogP contribution in [0.3, 0.4) is 0 Å². The van der Waals surface area contributed by atoms with E-state index in [9.17, 15) is 9.59 Å². The molecule has 4 unspecified atom stereocenters. The fourth-order valence-corrected chi connectivity index (χ4v) is 5.02. The van der Waals surface area contributed by atoms with Crippen molar-refractivity contribution in [2.45, 2.75) is 85.7 Å². The zero-order chi connectivity index (χ0) is 19.7. The first-order valence-electron chi connectivity index (χ1n) is 10.3. The van der Waals surface area contributed by atoms with Gasteiger partial charge in [-0.15, -0.1) is 0 Å². The molecule has 0 saturated heterocycles. The van der Waals surface area contributed by atoms with Crippen LogP contribution in [-0.2, 0) is 19.1 Å². The maximum absolute atomic E-state index is 12.1. The van der Waals surface area contributed by atoms with Crippen molar-refractivity contribution < 1.29 is 19.1 Å². The third-order valence-corrected chi connectivity index (χ3v) is 6.75. The van der Waals surface area contributed by atoms with E-state index in [0.717, 1.165) is 42.9 Å². The Morgan fingerprint density at radius 2 is 1.42 bits per heavy atom. The summed E-state index contributed by atoms with van der Waals surface area (Å²) >= 11 is 0. The van der Waals surface area contributed by atoms with Gasteiger partial charge in [0.15, 0.2) is 0 Å². The molecular weight excluding hydrogens is 328 g/mol. The summed E-state index contributed by atoms with van der Waals surface area (Å²) in [6, 6.07) is 0. The number of ether oxygens (including phenoxy) is 2. The summed E-state index contributed by atoms with van der Waals surface area (Å²) in [6.45, 7) is 11.6. The summed E-state index contributed by atoms with van der Waals surface area (Å²) in [7, 11) is 1.42. The van der Waals surface area contributed by atoms with Gasteiger partial charge in [-0.25, -0.2) is 0 Å². The Hall–Kier alpha value is -1.06. The van der Waals surface area contributed by atoms with Gasteiger partial charge in [0.1, 0.15) is 5.60 Å². The predicted molar refractivity (Wildman–Crippen MR) is 102 cm³/mol. The first kappa shape index (κ1) is 21.2. The predicted octanol–water partition coefficient (Wildman–Crippen LogP) is 5.00. The molecule has 0 spiro atoms. The Bertz CT molecular complexity index is 499. The molecule has 3 aliphatic rings. The number of hydrogen-bond donors (Lipinski definition) is 0. The fourth-order valence-electron chi connectivity index (χ4n) is 5.02. The van der Waals surface area contributed by atoms with Gasteiger partial charge in [0.25, 0.3) is 0 Å². The van der Waals surface area contributed by atoms with E-state index in [0.29, 0.717) is 0 Å². The monoisotopic (exact) mass is 366 g/mol. The van der Waals surface area contributed by atoms with Crippen molar-refractivity contribution in [3.63, 3.8) is 0 Å². The van der Waals surface area contributed by atoms with Gasteiger partial charge in [-0.1, -0.05) is 6.92 Å². The topological polar surface area (TPSA) is 52.6 Å². The molecule has 4 heteroatoms. The summed E-state index contributed by atoms with van der Waals surface area (Å²) in [5.74, 6) is 3.72. The fraction of sp³-hybridized carbons (Fsp3) is 0.909. The van der Waals surface area contributed by atoms with Gasteiger partial charge in [-0.05, 0) is 96.8 Å². The molecule has 3 saturated carbocycles. The summed E-state index contributed by atoms with van der Waals surface area (Å²) in [5.41, 5.74) is -0.636. The molecule has 0 aliphatic heterocycles. The van der Waals surface area contributed by atoms with Crippen molar-refractivity contribution in [1.82, 2.24) is 0 Å². The minimum Gasteiger partial charge on any atom is -0.469 e. The average Bonchev–Trinajstić information content (AvgIpc) is 3.25. The Balaban J connectivity index is 0.000000232. The number of carbonyl (C=O) groups is 2. The molecule has 3 rings (SSSR count). The summed E-state index contributed by atoms with van der Waals surface area (Å²) < 4.78 is 10.1. The SMILES string of the molecule is CC(C)(C)OC(=O)C1CC2C3CCC(C3)C2C1.CCC(C)(C)C(=O)OC. The lowest BCUT2D eigenvalue weighted by Crippen LogP contribution is -2.28. The quantitative estimate of drug-likeness (QED) is 0.660. The number of rotatable bonds is 3. The van der Waals surface area contributed by atoms with Crippen LogP contribution in [0.5, 0.6) is 0 Å². The van der Waals surface area contributed by atoms with Crippen LogP contribution in [0.2, 0.25) is 0 Å². The van der Waals surface area contributed by atoms with Crippen molar-refractivity contribution in [2.75, 3.05) is 7.11 Å². The van der Waals surface area contributed by atoms with Gasteiger partial charge in [0.2, 0.25) is 0 Å². The molecule has 0 heterocycles. The number of hydrogen-bond acceptors (Lipinski definition) is 4. The highest BCUT2D eigenvalue weighted by molar-refractivity contribution is 5.75. The minimum absolute atomic E-state index is 0.0614. The molecule has 0 N–H and O–H groups in total. The van der Waals surface area contributed by atoms with Crippen molar-refractivity contribution in [3.05, 3.63) is 0 Å². The Morgan fingerprint density at radius 3 is 1.77 bits per heavy atom. The zero-order valence-corrected chi connectivity index (χ0v) is 17.8. The van der Waals surface area contributed by atoms with E-state index in [1.54, 1.807) is 0 Å². The molecule has 4 nitrogen and oxygen atoms in total. The first-order chi connectivity index (χ1) is 12.0. The van der Waals surface area contributed by atoms with Crippen LogP contribution in [0, 0.1) is 35.0 Å². The molecular formula is C22H38O4. The molecule has 2 bridgehead atoms. The minimum atomic E-state index is -0.326. The van der Waals surface area contributed by atoms with Crippen molar-refractivity contribution in [1.29, 1.82) is 0 Å². The van der Waals surface area contributed by atoms with Gasteiger partial charge < -0.3 is 9.47 Å². The summed E-state index contributed by atoms with van der Waals surface area (Å²) in [5, 5.41) is 0. The van der Waals surface area contributed by atoms with Crippen LogP contribution in [0.25, 0.3) is 0 Å². The largest absolute Gasteiger partial charge is 0.469 e. The van der Waals surface area contributed by atoms with Crippen molar-refractivity contribution >= 4 is 11.9 Å². The number of esters is 2. The van der Waals surface area contributed by atoms with E-state index in [-0.39, 0.29) is 28.9 Å². The molecule has 0 radical (unpaired) electrons. The van der Waals surface area contributed by atoms with E-state index in [1.807, 2.05) is 41.5 Å². The molecule has 0 aromatic rings. The number of fused-ring (bicyclic) bond motifs is 5. The second-order valence-corrected chi connectivity index (χ2v) is 10.1. The van der Waals surface area contributed by atoms with E-state index in [1.165, 1.54) is 26.4 Å². The van der Waals surface area contributed by atoms with Gasteiger partial charge in [-0.3, -0.25) is 9.59 Å². The van der Waals surface area contributed by atoms with E-state index < -0.39 is 0 Å². The van der Waals surface area contributed by atoms with Crippen LogP contribution in [0.1, 0.15) is 80.1 Å². The van der Waals surface area contributed by atoms with E-state index in [4.69, 9.17) is 4.74 Å². The Kier molecular flexibility index (Phi) is 6.45. The van der Waals surface area contributed by atoms with Crippen LogP contribution in [0.4, 0.5) is 0 Å². The third-order valence-electron chi connectivity index (χ3n) is 6.75. The molecule has 3 aliphatic carbocycles. The van der Waals surface area contributed by atoms with E-state index in [2.05, 4.69) is 4.74 Å². The highest BCUT2D eigenvalue weighted by atomic mass is 16.6. The van der Waals surface area contributed by atoms with Crippen LogP contribution in [0.15, 0.2) is 0 Å². The maximum atomic E-state index is 12.1. The molecule has 0 aromatic heterocycles. The number of carbonyl (C=O) groups excluding carboxylic acids is 2. The summed E-state index contributed by atoms with van der Waals surface area (Å²) in [4.78, 5) is 22.9. The lowest BCUT2D eigenvalue weighted by molar-refractivity contribution is -0.160. The second kappa shape index (κ2) is 7.90. The van der Waals surface area contributed by atoms with Gasteiger partial charge in [-0.2, -0.15) is 0 Å². The third kappa shape index (κ3) is 4.80. The Labute approximate surface area is 159 Å². The second-order valence-electron chi connectivity index (χ2n) is 10.1. The van der Waals surface area contributed by atoms with Gasteiger partial charge in [0, 0.05) is 0 Å². The maximum Gasteiger partial charge on any atom is 0.311 e. The van der Waals surface area contributed by atoms with Gasteiger partial charge in [0.05, 0.1) is 18.4 Å². The normalized spacial score (nSPS) is 32.5. The lowest BCUT2D eigenvalue weighted by atomic mass is 9.82. The molecule has 26 heavy (non-hydrogen) atoms. The van der Waals surface area contributed by atoms with Crippen LogP contribution in [-0.4, -0.2) is 24.6 Å². The van der Waals surface area contributed by atoms with Crippen molar-refractivity contribution in [2.24, 2.45) is 35.0 Å². The van der Waals surface area contributed by atoms with Crippen molar-refractivity contribution in [3.8, 4) is 0 Å². The lowest BCUT2D eigenvalue weighted by Gasteiger charge is -2.23. The van der Waals surface area contributed by atoms with Crippen LogP contribution >= 0.6 is 0 Å². The van der Waals surface area contributed by atoms with E-state index >= 15 is 0 Å². The smallest absolute Gasteiger partial charge is 0.311 e. The molecule has 4 atom stereocenters. The standard InChI is InChI=1S/C15H24O2.C7H14O2/c1-15(2,3)17-14(16)11-7-12-9-4-5-10(6-9)13(12)8-11;1-5-7(2,3)6(8)9-4/h9-13H,4-8H2,1-3H3;5H2,1-4H3. The molecule has 150 valence electrons. The summed E-state index contributed by atoms with van der Waals surface area (Å²) in [6.07, 6.45) is 7.34. The average molecular weight is 367 g/mol. The number of methoxy groups -OCH3 is 1. The molecule has 3 fully saturated rings. The highest BCUT2D eigenvalue weighted by Crippen LogP contribution is 2.60. The van der Waals surface area contributed by atoms with Gasteiger partial charge >= 0.3 is 11.9 Å². The highest BCUT2D eigenvalue weighted by Gasteiger charge is 2.53. The first-order valence-corrected chi connectivity index (χ1v) is 10.3. The van der Waals surface area contributed by atoms with Crippen LogP contribution < -0.4 is 0 Å².